The van der Waals surface area contributed by atoms with Crippen molar-refractivity contribution in [1.82, 2.24) is 0 Å². The first-order valence-electron chi connectivity index (χ1n) is 10.7. The van der Waals surface area contributed by atoms with Crippen molar-refractivity contribution in [2.24, 2.45) is 0 Å². The van der Waals surface area contributed by atoms with E-state index in [1.807, 2.05) is 0 Å². The van der Waals surface area contributed by atoms with Crippen molar-refractivity contribution in [3.63, 3.8) is 0 Å². The van der Waals surface area contributed by atoms with Crippen LogP contribution in [0.5, 0.6) is 5.75 Å². The fraction of sp³-hybridized carbons (Fsp3) is 0.240. The third kappa shape index (κ3) is 6.69. The van der Waals surface area contributed by atoms with E-state index in [4.69, 9.17) is 9.15 Å². The van der Waals surface area contributed by atoms with E-state index < -0.39 is 27.7 Å². The third-order valence-electron chi connectivity index (χ3n) is 5.06. The lowest BCUT2D eigenvalue weighted by Gasteiger charge is -2.16. The average molecular weight is 524 g/mol. The summed E-state index contributed by atoms with van der Waals surface area (Å²) < 4.78 is 83.4. The number of carbonyl (C=O) groups excluding carboxylic acids is 1. The number of hydrogen-bond acceptors (Lipinski definition) is 6. The van der Waals surface area contributed by atoms with Gasteiger partial charge < -0.3 is 13.9 Å². The molecule has 192 valence electrons. The minimum absolute atomic E-state index is 0.144. The van der Waals surface area contributed by atoms with E-state index in [-0.39, 0.29) is 29.1 Å². The van der Waals surface area contributed by atoms with Gasteiger partial charge in [0.05, 0.1) is 24.6 Å². The van der Waals surface area contributed by atoms with E-state index in [0.29, 0.717) is 16.7 Å². The van der Waals surface area contributed by atoms with Gasteiger partial charge in [0, 0.05) is 11.6 Å². The van der Waals surface area contributed by atoms with Gasteiger partial charge in [0.25, 0.3) is 10.0 Å². The summed E-state index contributed by atoms with van der Waals surface area (Å²) in [6.07, 6.45) is -0.639. The number of alkyl halides is 3. The molecule has 7 nitrogen and oxygen atoms in total. The predicted molar refractivity (Wildman–Crippen MR) is 127 cm³/mol. The van der Waals surface area contributed by atoms with Crippen molar-refractivity contribution in [2.45, 2.75) is 37.6 Å². The normalized spacial score (nSPS) is 12.2. The molecule has 3 rings (SSSR count). The molecule has 0 radical (unpaired) electrons. The van der Waals surface area contributed by atoms with Crippen molar-refractivity contribution in [2.75, 3.05) is 11.8 Å². The van der Waals surface area contributed by atoms with Crippen molar-refractivity contribution in [3.05, 3.63) is 83.1 Å². The number of esters is 1. The number of nitrogens with one attached hydrogen (secondary N) is 1. The quantitative estimate of drug-likeness (QED) is 0.274. The number of carbonyl (C=O) groups is 1. The Labute approximate surface area is 206 Å². The molecule has 2 aromatic carbocycles. The fourth-order valence-electron chi connectivity index (χ4n) is 3.16. The van der Waals surface area contributed by atoms with Gasteiger partial charge in [-0.1, -0.05) is 38.1 Å². The molecular formula is C25H24F3NO6S. The van der Waals surface area contributed by atoms with E-state index >= 15 is 0 Å². The Balaban J connectivity index is 1.86. The topological polar surface area (TPSA) is 94.8 Å². The minimum Gasteiger partial charge on any atom is -0.487 e. The van der Waals surface area contributed by atoms with Crippen LogP contribution in [0.3, 0.4) is 0 Å². The maximum absolute atomic E-state index is 13.3. The van der Waals surface area contributed by atoms with E-state index in [0.717, 1.165) is 18.2 Å². The molecule has 0 bridgehead atoms. The van der Waals surface area contributed by atoms with Crippen molar-refractivity contribution < 1.29 is 40.3 Å². The lowest BCUT2D eigenvalue weighted by atomic mass is 10.1. The first kappa shape index (κ1) is 26.9. The zero-order chi connectivity index (χ0) is 26.5. The standard InChI is InChI=1S/C25H24F3NO6S/c1-16(2)20-12-13-34-24(20)36(31,32)29-21-10-9-19(25(26,27)28)14-22(21)35-15-18-6-4-17(5-7-18)8-11-23(30)33-3/h4-14,16,29H,15H2,1-3H3/b11-8+. The van der Waals surface area contributed by atoms with Gasteiger partial charge in [-0.2, -0.15) is 21.6 Å². The van der Waals surface area contributed by atoms with Crippen LogP contribution in [0.4, 0.5) is 18.9 Å². The highest BCUT2D eigenvalue weighted by Gasteiger charge is 2.32. The Hall–Kier alpha value is -3.73. The summed E-state index contributed by atoms with van der Waals surface area (Å²) in [5.41, 5.74) is 0.551. The fourth-order valence-corrected chi connectivity index (χ4v) is 4.51. The summed E-state index contributed by atoms with van der Waals surface area (Å²) in [6.45, 7) is 3.43. The first-order chi connectivity index (χ1) is 16.9. The van der Waals surface area contributed by atoms with Crippen LogP contribution >= 0.6 is 0 Å². The van der Waals surface area contributed by atoms with Gasteiger partial charge in [-0.15, -0.1) is 0 Å². The summed E-state index contributed by atoms with van der Waals surface area (Å²) in [6, 6.07) is 10.7. The molecule has 0 aliphatic rings. The van der Waals surface area contributed by atoms with Crippen LogP contribution < -0.4 is 9.46 Å². The molecule has 0 unspecified atom stereocenters. The van der Waals surface area contributed by atoms with E-state index in [9.17, 15) is 26.4 Å². The van der Waals surface area contributed by atoms with Crippen molar-refractivity contribution in [1.29, 1.82) is 0 Å². The highest BCUT2D eigenvalue weighted by molar-refractivity contribution is 7.92. The zero-order valence-corrected chi connectivity index (χ0v) is 20.4. The molecule has 1 N–H and O–H groups in total. The van der Waals surface area contributed by atoms with Gasteiger partial charge in [-0.25, -0.2) is 4.79 Å². The number of ether oxygens (including phenoxy) is 2. The van der Waals surface area contributed by atoms with Gasteiger partial charge in [0.1, 0.15) is 12.4 Å². The second kappa shape index (κ2) is 10.9. The molecule has 0 saturated carbocycles. The molecule has 1 aromatic heterocycles. The van der Waals surface area contributed by atoms with E-state index in [1.165, 1.54) is 31.6 Å². The van der Waals surface area contributed by atoms with Crippen LogP contribution in [0.2, 0.25) is 0 Å². The lowest BCUT2D eigenvalue weighted by molar-refractivity contribution is -0.137. The van der Waals surface area contributed by atoms with Crippen LogP contribution in [0.1, 0.15) is 42.0 Å². The number of methoxy groups -OCH3 is 1. The number of rotatable bonds is 9. The molecule has 11 heteroatoms. The maximum Gasteiger partial charge on any atom is 0.416 e. The zero-order valence-electron chi connectivity index (χ0n) is 19.6. The molecular weight excluding hydrogens is 499 g/mol. The lowest BCUT2D eigenvalue weighted by Crippen LogP contribution is -2.16. The second-order valence-corrected chi connectivity index (χ2v) is 9.60. The summed E-state index contributed by atoms with van der Waals surface area (Å²) >= 11 is 0. The summed E-state index contributed by atoms with van der Waals surface area (Å²) in [5.74, 6) is -0.984. The summed E-state index contributed by atoms with van der Waals surface area (Å²) in [7, 11) is -2.99. The van der Waals surface area contributed by atoms with Crippen LogP contribution in [0.25, 0.3) is 6.08 Å². The smallest absolute Gasteiger partial charge is 0.416 e. The van der Waals surface area contributed by atoms with Gasteiger partial charge >= 0.3 is 12.1 Å². The first-order valence-corrected chi connectivity index (χ1v) is 12.2. The van der Waals surface area contributed by atoms with Gasteiger partial charge in [0.2, 0.25) is 5.09 Å². The van der Waals surface area contributed by atoms with E-state index in [2.05, 4.69) is 9.46 Å². The molecule has 1 heterocycles. The Bertz CT molecular complexity index is 1340. The molecule has 0 aliphatic carbocycles. The molecule has 36 heavy (non-hydrogen) atoms. The van der Waals surface area contributed by atoms with Gasteiger partial charge in [0.15, 0.2) is 0 Å². The van der Waals surface area contributed by atoms with Crippen LogP contribution in [0, 0.1) is 0 Å². The maximum atomic E-state index is 13.3. The Morgan fingerprint density at radius 1 is 1.11 bits per heavy atom. The molecule has 0 aliphatic heterocycles. The highest BCUT2D eigenvalue weighted by Crippen LogP contribution is 2.37. The number of sulfonamides is 1. The predicted octanol–water partition coefficient (Wildman–Crippen LogP) is 5.99. The van der Waals surface area contributed by atoms with Crippen LogP contribution in [0.15, 0.2) is 70.4 Å². The minimum atomic E-state index is -4.66. The largest absolute Gasteiger partial charge is 0.487 e. The van der Waals surface area contributed by atoms with Gasteiger partial charge in [-0.05, 0) is 47.4 Å². The monoisotopic (exact) mass is 523 g/mol. The number of halogens is 3. The number of hydrogen-bond donors (Lipinski definition) is 1. The average Bonchev–Trinajstić information content (AvgIpc) is 3.33. The summed E-state index contributed by atoms with van der Waals surface area (Å²) in [4.78, 5) is 11.2. The van der Waals surface area contributed by atoms with Crippen molar-refractivity contribution in [3.8, 4) is 5.75 Å². The molecule has 0 amide bonds. The van der Waals surface area contributed by atoms with E-state index in [1.54, 1.807) is 38.1 Å². The molecule has 0 atom stereocenters. The molecule has 0 fully saturated rings. The van der Waals surface area contributed by atoms with Crippen LogP contribution in [-0.4, -0.2) is 21.5 Å². The van der Waals surface area contributed by atoms with Gasteiger partial charge in [-0.3, -0.25) is 4.72 Å². The van der Waals surface area contributed by atoms with Crippen molar-refractivity contribution >= 4 is 27.8 Å². The number of furan rings is 1. The molecule has 3 aromatic rings. The second-order valence-electron chi connectivity index (χ2n) is 8.02. The highest BCUT2D eigenvalue weighted by atomic mass is 32.2. The molecule has 0 spiro atoms. The third-order valence-corrected chi connectivity index (χ3v) is 6.37. The Morgan fingerprint density at radius 2 is 1.81 bits per heavy atom. The Morgan fingerprint density at radius 3 is 2.42 bits per heavy atom. The SMILES string of the molecule is COC(=O)/C=C/c1ccc(COc2cc(C(F)(F)F)ccc2NS(=O)(=O)c2occc2C(C)C)cc1. The van der Waals surface area contributed by atoms with Crippen LogP contribution in [-0.2, 0) is 32.3 Å². The number of benzene rings is 2. The molecule has 0 saturated heterocycles. The Kier molecular flexibility index (Phi) is 8.13. The summed E-state index contributed by atoms with van der Waals surface area (Å²) in [5, 5.41) is -0.320. The number of anilines is 1.